The van der Waals surface area contributed by atoms with E-state index in [-0.39, 0.29) is 5.91 Å². The van der Waals surface area contributed by atoms with E-state index in [1.165, 1.54) is 0 Å². The first-order valence-electron chi connectivity index (χ1n) is 6.23. The Morgan fingerprint density at radius 2 is 1.80 bits per heavy atom. The van der Waals surface area contributed by atoms with Crippen molar-refractivity contribution < 1.29 is 4.79 Å². The first-order valence-corrected chi connectivity index (χ1v) is 7.83. The van der Waals surface area contributed by atoms with Gasteiger partial charge in [0.2, 0.25) is 0 Å². The van der Waals surface area contributed by atoms with Gasteiger partial charge >= 0.3 is 0 Å². The number of carbonyl (C=O) groups is 1. The van der Waals surface area contributed by atoms with Crippen molar-refractivity contribution in [1.29, 1.82) is 0 Å². The molecule has 2 rings (SSSR count). The van der Waals surface area contributed by atoms with Crippen LogP contribution in [0.1, 0.15) is 21.5 Å². The first-order chi connectivity index (χ1) is 9.51. The molecule has 0 radical (unpaired) electrons. The number of carbonyl (C=O) groups excluding carboxylic acids is 1. The van der Waals surface area contributed by atoms with Gasteiger partial charge in [-0.05, 0) is 61.6 Å². The maximum absolute atomic E-state index is 12.2. The van der Waals surface area contributed by atoms with Crippen LogP contribution in [0.3, 0.4) is 0 Å². The van der Waals surface area contributed by atoms with Crippen molar-refractivity contribution in [3.8, 4) is 0 Å². The van der Waals surface area contributed by atoms with Crippen molar-refractivity contribution in [2.45, 2.75) is 18.7 Å². The van der Waals surface area contributed by atoms with E-state index in [0.717, 1.165) is 16.0 Å². The Morgan fingerprint density at radius 1 is 1.15 bits per heavy atom. The predicted octanol–water partition coefficient (Wildman–Crippen LogP) is 4.93. The number of anilines is 1. The summed E-state index contributed by atoms with van der Waals surface area (Å²) in [7, 11) is 0. The minimum atomic E-state index is -0.147. The Balaban J connectivity index is 2.23. The van der Waals surface area contributed by atoms with Crippen molar-refractivity contribution in [2.75, 3.05) is 11.6 Å². The molecule has 0 spiro atoms. The highest BCUT2D eigenvalue weighted by Crippen LogP contribution is 2.28. The van der Waals surface area contributed by atoms with Gasteiger partial charge in [-0.25, -0.2) is 0 Å². The zero-order chi connectivity index (χ0) is 14.7. The van der Waals surface area contributed by atoms with E-state index in [2.05, 4.69) is 5.32 Å². The second kappa shape index (κ2) is 6.33. The van der Waals surface area contributed by atoms with Gasteiger partial charge in [0, 0.05) is 10.5 Å². The maximum Gasteiger partial charge on any atom is 0.255 e. The molecule has 2 nitrogen and oxygen atoms in total. The highest BCUT2D eigenvalue weighted by atomic mass is 35.5. The minimum absolute atomic E-state index is 0.147. The molecule has 1 N–H and O–H groups in total. The van der Waals surface area contributed by atoms with Crippen LogP contribution < -0.4 is 5.32 Å². The van der Waals surface area contributed by atoms with Crippen molar-refractivity contribution in [3.05, 3.63) is 58.1 Å². The van der Waals surface area contributed by atoms with E-state index in [4.69, 9.17) is 11.6 Å². The summed E-state index contributed by atoms with van der Waals surface area (Å²) in [5.74, 6) is -0.147. The molecule has 2 aromatic carbocycles. The van der Waals surface area contributed by atoms with Crippen molar-refractivity contribution in [1.82, 2.24) is 0 Å². The van der Waals surface area contributed by atoms with Gasteiger partial charge in [-0.15, -0.1) is 11.8 Å². The van der Waals surface area contributed by atoms with Gasteiger partial charge in [0.05, 0.1) is 10.7 Å². The van der Waals surface area contributed by atoms with Gasteiger partial charge in [0.15, 0.2) is 0 Å². The molecule has 0 atom stereocenters. The molecule has 0 aliphatic carbocycles. The molecule has 4 heteroatoms. The maximum atomic E-state index is 12.2. The van der Waals surface area contributed by atoms with E-state index in [9.17, 15) is 4.79 Å². The Bertz CT molecular complexity index is 614. The lowest BCUT2D eigenvalue weighted by Crippen LogP contribution is -2.13. The predicted molar refractivity (Wildman–Crippen MR) is 87.1 cm³/mol. The molecular weight excluding hydrogens is 290 g/mol. The van der Waals surface area contributed by atoms with Crippen LogP contribution in [0.2, 0.25) is 5.02 Å². The molecule has 1 amide bonds. The fourth-order valence-electron chi connectivity index (χ4n) is 2.00. The number of rotatable bonds is 3. The van der Waals surface area contributed by atoms with Gasteiger partial charge in [-0.1, -0.05) is 17.7 Å². The summed E-state index contributed by atoms with van der Waals surface area (Å²) in [6.45, 7) is 3.91. The van der Waals surface area contributed by atoms with E-state index in [1.54, 1.807) is 11.8 Å². The van der Waals surface area contributed by atoms with E-state index in [0.29, 0.717) is 16.3 Å². The summed E-state index contributed by atoms with van der Waals surface area (Å²) in [6, 6.07) is 11.4. The smallest absolute Gasteiger partial charge is 0.255 e. The van der Waals surface area contributed by atoms with Crippen LogP contribution in [-0.2, 0) is 0 Å². The monoisotopic (exact) mass is 305 g/mol. The van der Waals surface area contributed by atoms with Gasteiger partial charge in [-0.3, -0.25) is 4.79 Å². The zero-order valence-corrected chi connectivity index (χ0v) is 13.2. The molecule has 2 aromatic rings. The van der Waals surface area contributed by atoms with Crippen LogP contribution >= 0.6 is 23.4 Å². The van der Waals surface area contributed by atoms with Crippen molar-refractivity contribution in [3.63, 3.8) is 0 Å². The van der Waals surface area contributed by atoms with E-state index < -0.39 is 0 Å². The summed E-state index contributed by atoms with van der Waals surface area (Å²) < 4.78 is 0. The fraction of sp³-hybridized carbons (Fsp3) is 0.188. The normalized spacial score (nSPS) is 10.4. The molecule has 104 valence electrons. The number of halogens is 1. The minimum Gasteiger partial charge on any atom is -0.320 e. The number of nitrogens with one attached hydrogen (secondary N) is 1. The van der Waals surface area contributed by atoms with Gasteiger partial charge < -0.3 is 5.32 Å². The summed E-state index contributed by atoms with van der Waals surface area (Å²) in [5, 5.41) is 3.45. The molecule has 0 heterocycles. The molecule has 0 fully saturated rings. The number of thioether (sulfide) groups is 1. The van der Waals surface area contributed by atoms with E-state index >= 15 is 0 Å². The molecule has 0 aromatic heterocycles. The lowest BCUT2D eigenvalue weighted by atomic mass is 10.1. The average molecular weight is 306 g/mol. The zero-order valence-electron chi connectivity index (χ0n) is 11.7. The van der Waals surface area contributed by atoms with Gasteiger partial charge in [0.1, 0.15) is 0 Å². The summed E-state index contributed by atoms with van der Waals surface area (Å²) in [5.41, 5.74) is 3.34. The molecule has 0 aliphatic heterocycles. The molecule has 0 saturated heterocycles. The summed E-state index contributed by atoms with van der Waals surface area (Å²) in [6.07, 6.45) is 2.00. The lowest BCUT2D eigenvalue weighted by Gasteiger charge is -2.11. The molecule has 0 saturated carbocycles. The summed E-state index contributed by atoms with van der Waals surface area (Å²) >= 11 is 7.84. The van der Waals surface area contributed by atoms with Gasteiger partial charge in [0.25, 0.3) is 5.91 Å². The standard InChI is InChI=1S/C16H16ClNOS/c1-10-8-11(2)15(14(17)9-10)18-16(19)12-4-6-13(20-3)7-5-12/h4-9H,1-3H3,(H,18,19). The Labute approximate surface area is 128 Å². The third-order valence-corrected chi connectivity index (χ3v) is 4.06. The number of amides is 1. The van der Waals surface area contributed by atoms with Crippen LogP contribution in [0.5, 0.6) is 0 Å². The number of hydrogen-bond donors (Lipinski definition) is 1. The molecule has 0 aliphatic rings. The fourth-order valence-corrected chi connectivity index (χ4v) is 2.78. The number of benzene rings is 2. The first kappa shape index (κ1) is 14.9. The van der Waals surface area contributed by atoms with Crippen molar-refractivity contribution in [2.24, 2.45) is 0 Å². The molecule has 0 unspecified atom stereocenters. The van der Waals surface area contributed by atoms with Gasteiger partial charge in [-0.2, -0.15) is 0 Å². The number of aryl methyl sites for hydroxylation is 2. The van der Waals surface area contributed by atoms with E-state index in [1.807, 2.05) is 56.5 Å². The van der Waals surface area contributed by atoms with Crippen LogP contribution in [-0.4, -0.2) is 12.2 Å². The quantitative estimate of drug-likeness (QED) is 0.815. The largest absolute Gasteiger partial charge is 0.320 e. The number of hydrogen-bond acceptors (Lipinski definition) is 2. The highest BCUT2D eigenvalue weighted by molar-refractivity contribution is 7.98. The SMILES string of the molecule is CSc1ccc(C(=O)Nc2c(C)cc(C)cc2Cl)cc1. The Morgan fingerprint density at radius 3 is 2.35 bits per heavy atom. The molecule has 0 bridgehead atoms. The lowest BCUT2D eigenvalue weighted by molar-refractivity contribution is 0.102. The second-order valence-electron chi connectivity index (χ2n) is 4.62. The van der Waals surface area contributed by atoms with Crippen molar-refractivity contribution >= 4 is 35.0 Å². The Hall–Kier alpha value is -1.45. The van der Waals surface area contributed by atoms with Crippen LogP contribution in [0.4, 0.5) is 5.69 Å². The van der Waals surface area contributed by atoms with Crippen LogP contribution in [0, 0.1) is 13.8 Å². The van der Waals surface area contributed by atoms with Crippen LogP contribution in [0.25, 0.3) is 0 Å². The average Bonchev–Trinajstić information content (AvgIpc) is 2.42. The second-order valence-corrected chi connectivity index (χ2v) is 5.91. The summed E-state index contributed by atoms with van der Waals surface area (Å²) in [4.78, 5) is 13.4. The molecular formula is C16H16ClNOS. The third-order valence-electron chi connectivity index (χ3n) is 3.02. The topological polar surface area (TPSA) is 29.1 Å². The Kier molecular flexibility index (Phi) is 4.73. The van der Waals surface area contributed by atoms with Crippen LogP contribution in [0.15, 0.2) is 41.3 Å². The molecule has 20 heavy (non-hydrogen) atoms. The third kappa shape index (κ3) is 3.35. The highest BCUT2D eigenvalue weighted by Gasteiger charge is 2.11.